The standard InChI is InChI=1S/C17H22N2O7S/c1-2-26-16(22)10-14-17(23)18(11-15(20)21)8-9-19(14)27(24,25)12-13-6-4-3-5-7-13/h3-7,14H,2,8-12H2,1H3,(H,20,21). The van der Waals surface area contributed by atoms with Crippen molar-refractivity contribution in [2.24, 2.45) is 0 Å². The first kappa shape index (κ1) is 20.8. The van der Waals surface area contributed by atoms with Crippen molar-refractivity contribution in [3.63, 3.8) is 0 Å². The molecule has 1 aliphatic heterocycles. The van der Waals surface area contributed by atoms with Gasteiger partial charge in [0.05, 0.1) is 18.8 Å². The third kappa shape index (κ3) is 5.51. The molecular formula is C17H22N2O7S. The predicted molar refractivity (Wildman–Crippen MR) is 95.0 cm³/mol. The molecule has 1 saturated heterocycles. The number of ether oxygens (including phenoxy) is 1. The van der Waals surface area contributed by atoms with Crippen molar-refractivity contribution < 1.29 is 32.6 Å². The summed E-state index contributed by atoms with van der Waals surface area (Å²) in [6.45, 7) is 0.998. The number of aliphatic carboxylic acids is 1. The maximum atomic E-state index is 12.9. The number of esters is 1. The number of amides is 1. The highest BCUT2D eigenvalue weighted by Gasteiger charge is 2.42. The van der Waals surface area contributed by atoms with E-state index in [0.29, 0.717) is 5.56 Å². The van der Waals surface area contributed by atoms with Crippen LogP contribution in [-0.4, -0.2) is 72.9 Å². The molecule has 1 N–H and O–H groups in total. The summed E-state index contributed by atoms with van der Waals surface area (Å²) in [5, 5.41) is 8.94. The summed E-state index contributed by atoms with van der Waals surface area (Å²) in [6.07, 6.45) is -0.461. The second-order valence-corrected chi connectivity index (χ2v) is 7.95. The number of benzene rings is 1. The fraction of sp³-hybridized carbons (Fsp3) is 0.471. The van der Waals surface area contributed by atoms with Crippen LogP contribution in [0.4, 0.5) is 0 Å². The van der Waals surface area contributed by atoms with E-state index in [1.54, 1.807) is 37.3 Å². The highest BCUT2D eigenvalue weighted by Crippen LogP contribution is 2.22. The molecule has 0 spiro atoms. The Labute approximate surface area is 157 Å². The Kier molecular flexibility index (Phi) is 6.92. The Morgan fingerprint density at radius 3 is 2.48 bits per heavy atom. The molecular weight excluding hydrogens is 376 g/mol. The van der Waals surface area contributed by atoms with E-state index in [9.17, 15) is 22.8 Å². The smallest absolute Gasteiger partial charge is 0.323 e. The molecule has 1 aromatic carbocycles. The molecule has 27 heavy (non-hydrogen) atoms. The number of piperazine rings is 1. The number of carbonyl (C=O) groups excluding carboxylic acids is 2. The zero-order valence-corrected chi connectivity index (χ0v) is 15.7. The lowest BCUT2D eigenvalue weighted by molar-refractivity contribution is -0.152. The van der Waals surface area contributed by atoms with Gasteiger partial charge >= 0.3 is 11.9 Å². The van der Waals surface area contributed by atoms with E-state index < -0.39 is 46.9 Å². The van der Waals surface area contributed by atoms with Crippen LogP contribution in [0.15, 0.2) is 30.3 Å². The molecule has 1 unspecified atom stereocenters. The van der Waals surface area contributed by atoms with Crippen molar-refractivity contribution in [1.29, 1.82) is 0 Å². The van der Waals surface area contributed by atoms with Crippen LogP contribution >= 0.6 is 0 Å². The van der Waals surface area contributed by atoms with Crippen LogP contribution in [0.2, 0.25) is 0 Å². The number of sulfonamides is 1. The van der Waals surface area contributed by atoms with Crippen molar-refractivity contribution >= 4 is 27.9 Å². The van der Waals surface area contributed by atoms with Gasteiger partial charge in [-0.25, -0.2) is 8.42 Å². The minimum Gasteiger partial charge on any atom is -0.480 e. The van der Waals surface area contributed by atoms with Crippen LogP contribution in [0.3, 0.4) is 0 Å². The Balaban J connectivity index is 2.27. The molecule has 0 aliphatic carbocycles. The van der Waals surface area contributed by atoms with E-state index in [1.807, 2.05) is 0 Å². The molecule has 0 saturated carbocycles. The molecule has 10 heteroatoms. The predicted octanol–water partition coefficient (Wildman–Crippen LogP) is 0.0670. The first-order valence-corrected chi connectivity index (χ1v) is 10.0. The van der Waals surface area contributed by atoms with Gasteiger partial charge in [0.1, 0.15) is 12.6 Å². The van der Waals surface area contributed by atoms with Crippen molar-refractivity contribution in [1.82, 2.24) is 9.21 Å². The van der Waals surface area contributed by atoms with Crippen LogP contribution < -0.4 is 0 Å². The Bertz CT molecular complexity index is 795. The number of nitrogens with zero attached hydrogens (tertiary/aromatic N) is 2. The monoisotopic (exact) mass is 398 g/mol. The van der Waals surface area contributed by atoms with Crippen LogP contribution in [0.5, 0.6) is 0 Å². The summed E-state index contributed by atoms with van der Waals surface area (Å²) in [7, 11) is -3.90. The van der Waals surface area contributed by atoms with E-state index >= 15 is 0 Å². The van der Waals surface area contributed by atoms with Gasteiger partial charge in [0.25, 0.3) is 0 Å². The van der Waals surface area contributed by atoms with Crippen LogP contribution in [-0.2, 0) is 34.9 Å². The molecule has 1 amide bonds. The van der Waals surface area contributed by atoms with E-state index in [1.165, 1.54) is 0 Å². The molecule has 0 radical (unpaired) electrons. The third-order valence-electron chi connectivity index (χ3n) is 4.08. The van der Waals surface area contributed by atoms with Gasteiger partial charge in [0.2, 0.25) is 15.9 Å². The lowest BCUT2D eigenvalue weighted by atomic mass is 10.1. The Hall–Kier alpha value is -2.46. The average molecular weight is 398 g/mol. The number of carbonyl (C=O) groups is 3. The van der Waals surface area contributed by atoms with Gasteiger partial charge in [-0.2, -0.15) is 4.31 Å². The maximum absolute atomic E-state index is 12.9. The van der Waals surface area contributed by atoms with Crippen molar-refractivity contribution in [3.8, 4) is 0 Å². The average Bonchev–Trinajstić information content (AvgIpc) is 2.58. The highest BCUT2D eigenvalue weighted by molar-refractivity contribution is 7.88. The molecule has 1 fully saturated rings. The van der Waals surface area contributed by atoms with Gasteiger partial charge in [-0.1, -0.05) is 30.3 Å². The molecule has 2 rings (SSSR count). The fourth-order valence-corrected chi connectivity index (χ4v) is 4.60. The fourth-order valence-electron chi connectivity index (χ4n) is 2.91. The zero-order valence-electron chi connectivity index (χ0n) is 14.9. The third-order valence-corrected chi connectivity index (χ3v) is 5.93. The molecule has 0 aromatic heterocycles. The Morgan fingerprint density at radius 1 is 1.22 bits per heavy atom. The summed E-state index contributed by atoms with van der Waals surface area (Å²) in [5.74, 6) is -2.96. The van der Waals surface area contributed by atoms with Crippen molar-refractivity contribution in [3.05, 3.63) is 35.9 Å². The van der Waals surface area contributed by atoms with Crippen LogP contribution in [0, 0.1) is 0 Å². The minimum atomic E-state index is -3.90. The van der Waals surface area contributed by atoms with Gasteiger partial charge in [0, 0.05) is 13.1 Å². The van der Waals surface area contributed by atoms with Gasteiger partial charge in [0.15, 0.2) is 0 Å². The Morgan fingerprint density at radius 2 is 1.89 bits per heavy atom. The van der Waals surface area contributed by atoms with Gasteiger partial charge in [-0.15, -0.1) is 0 Å². The van der Waals surface area contributed by atoms with E-state index in [2.05, 4.69) is 0 Å². The number of carboxylic acids is 1. The number of hydrogen-bond acceptors (Lipinski definition) is 6. The molecule has 1 aromatic rings. The minimum absolute atomic E-state index is 0.0571. The molecule has 148 valence electrons. The quantitative estimate of drug-likeness (QED) is 0.615. The molecule has 1 heterocycles. The molecule has 9 nitrogen and oxygen atoms in total. The highest BCUT2D eigenvalue weighted by atomic mass is 32.2. The largest absolute Gasteiger partial charge is 0.480 e. The zero-order chi connectivity index (χ0) is 20.0. The van der Waals surface area contributed by atoms with Crippen molar-refractivity contribution in [2.75, 3.05) is 26.2 Å². The number of rotatable bonds is 8. The SMILES string of the molecule is CCOC(=O)CC1C(=O)N(CC(=O)O)CCN1S(=O)(=O)Cc1ccccc1. The first-order chi connectivity index (χ1) is 12.7. The van der Waals surface area contributed by atoms with Crippen molar-refractivity contribution in [2.45, 2.75) is 25.1 Å². The summed E-state index contributed by atoms with van der Waals surface area (Å²) >= 11 is 0. The first-order valence-electron chi connectivity index (χ1n) is 8.44. The van der Waals surface area contributed by atoms with E-state index in [0.717, 1.165) is 9.21 Å². The van der Waals surface area contributed by atoms with Crippen LogP contribution in [0.25, 0.3) is 0 Å². The summed E-state index contributed by atoms with van der Waals surface area (Å²) in [5.41, 5.74) is 0.549. The van der Waals surface area contributed by atoms with Gasteiger partial charge in [-0.05, 0) is 12.5 Å². The topological polar surface area (TPSA) is 121 Å². The maximum Gasteiger partial charge on any atom is 0.323 e. The second-order valence-electron chi connectivity index (χ2n) is 6.03. The number of carboxylic acid groups (broad SMARTS) is 1. The summed E-state index contributed by atoms with van der Waals surface area (Å²) in [6, 6.07) is 7.16. The van der Waals surface area contributed by atoms with Gasteiger partial charge < -0.3 is 14.7 Å². The molecule has 0 bridgehead atoms. The summed E-state index contributed by atoms with van der Waals surface area (Å²) < 4.78 is 31.6. The summed E-state index contributed by atoms with van der Waals surface area (Å²) in [4.78, 5) is 36.5. The lowest BCUT2D eigenvalue weighted by Crippen LogP contribution is -2.60. The second kappa shape index (κ2) is 8.96. The molecule has 1 atom stereocenters. The van der Waals surface area contributed by atoms with Crippen LogP contribution in [0.1, 0.15) is 18.9 Å². The normalized spacial score (nSPS) is 18.3. The lowest BCUT2D eigenvalue weighted by Gasteiger charge is -2.38. The van der Waals surface area contributed by atoms with E-state index in [-0.39, 0.29) is 25.4 Å². The number of hydrogen-bond donors (Lipinski definition) is 1. The van der Waals surface area contributed by atoms with Gasteiger partial charge in [-0.3, -0.25) is 14.4 Å². The molecule has 1 aliphatic rings. The van der Waals surface area contributed by atoms with E-state index in [4.69, 9.17) is 9.84 Å².